The lowest BCUT2D eigenvalue weighted by atomic mass is 10.2. The predicted octanol–water partition coefficient (Wildman–Crippen LogP) is 2.87. The van der Waals surface area contributed by atoms with Crippen molar-refractivity contribution < 1.29 is 22.7 Å². The number of benzene rings is 1. The van der Waals surface area contributed by atoms with Crippen molar-refractivity contribution in [2.75, 3.05) is 17.3 Å². The number of ether oxygens (including phenoxy) is 1. The zero-order chi connectivity index (χ0) is 19.6. The van der Waals surface area contributed by atoms with Crippen LogP contribution in [0.3, 0.4) is 0 Å². The number of rotatable bonds is 5. The number of anilines is 1. The zero-order valence-electron chi connectivity index (χ0n) is 14.9. The van der Waals surface area contributed by atoms with Gasteiger partial charge in [-0.15, -0.1) is 11.3 Å². The molecule has 142 valence electrons. The van der Waals surface area contributed by atoms with E-state index >= 15 is 0 Å². The average Bonchev–Trinajstić information content (AvgIpc) is 3.15. The van der Waals surface area contributed by atoms with Gasteiger partial charge in [-0.3, -0.25) is 4.79 Å². The first-order valence-electron chi connectivity index (χ1n) is 8.29. The summed E-state index contributed by atoms with van der Waals surface area (Å²) in [5, 5.41) is 1.12. The van der Waals surface area contributed by atoms with Crippen molar-refractivity contribution in [1.82, 2.24) is 0 Å². The van der Waals surface area contributed by atoms with E-state index in [1.807, 2.05) is 13.8 Å². The summed E-state index contributed by atoms with van der Waals surface area (Å²) >= 11 is 1.48. The number of sulfone groups is 1. The molecule has 0 radical (unpaired) electrons. The number of carbonyl (C=O) groups is 2. The largest absolute Gasteiger partial charge is 0.452 e. The number of nitrogens with zero attached hydrogens (tertiary/aromatic N) is 1. The number of thiophene rings is 1. The van der Waals surface area contributed by atoms with E-state index in [1.54, 1.807) is 36.4 Å². The lowest BCUT2D eigenvalue weighted by Crippen LogP contribution is -2.43. The SMILES string of the molecule is Cc1cc(C(=O)OCC(=O)N(c2ccccc2)[C@@H]2C=CS(=O)(=O)C2)c(C)s1. The van der Waals surface area contributed by atoms with Crippen LogP contribution in [0.5, 0.6) is 0 Å². The summed E-state index contributed by atoms with van der Waals surface area (Å²) in [6.07, 6.45) is 1.48. The van der Waals surface area contributed by atoms with Crippen molar-refractivity contribution in [3.63, 3.8) is 0 Å². The van der Waals surface area contributed by atoms with Gasteiger partial charge in [0.05, 0.1) is 17.4 Å². The van der Waals surface area contributed by atoms with Gasteiger partial charge in [0.25, 0.3) is 5.91 Å². The Hall–Kier alpha value is -2.45. The molecule has 0 bridgehead atoms. The molecule has 3 rings (SSSR count). The Balaban J connectivity index is 1.77. The summed E-state index contributed by atoms with van der Waals surface area (Å²) in [6, 6.07) is 9.84. The fourth-order valence-corrected chi connectivity index (χ4v) is 5.12. The molecule has 0 fully saturated rings. The van der Waals surface area contributed by atoms with E-state index in [-0.39, 0.29) is 5.75 Å². The molecule has 0 saturated heterocycles. The van der Waals surface area contributed by atoms with Gasteiger partial charge in [-0.2, -0.15) is 0 Å². The Morgan fingerprint density at radius 1 is 1.22 bits per heavy atom. The highest BCUT2D eigenvalue weighted by atomic mass is 32.2. The normalized spacial score (nSPS) is 17.6. The Labute approximate surface area is 162 Å². The van der Waals surface area contributed by atoms with E-state index in [9.17, 15) is 18.0 Å². The maximum absolute atomic E-state index is 12.8. The van der Waals surface area contributed by atoms with Gasteiger partial charge in [-0.25, -0.2) is 13.2 Å². The number of carbonyl (C=O) groups excluding carboxylic acids is 2. The molecule has 1 aromatic heterocycles. The molecule has 27 heavy (non-hydrogen) atoms. The summed E-state index contributed by atoms with van der Waals surface area (Å²) in [6.45, 7) is 3.25. The van der Waals surface area contributed by atoms with Crippen LogP contribution in [0.4, 0.5) is 5.69 Å². The van der Waals surface area contributed by atoms with Crippen LogP contribution in [-0.4, -0.2) is 38.7 Å². The minimum absolute atomic E-state index is 0.190. The van der Waals surface area contributed by atoms with Crippen molar-refractivity contribution in [2.24, 2.45) is 0 Å². The summed E-state index contributed by atoms with van der Waals surface area (Å²) in [7, 11) is -3.34. The molecule has 8 heteroatoms. The van der Waals surface area contributed by atoms with Crippen LogP contribution in [0.2, 0.25) is 0 Å². The maximum atomic E-state index is 12.8. The van der Waals surface area contributed by atoms with Gasteiger partial charge in [0.1, 0.15) is 0 Å². The fourth-order valence-electron chi connectivity index (χ4n) is 2.94. The summed E-state index contributed by atoms with van der Waals surface area (Å²) < 4.78 is 28.8. The van der Waals surface area contributed by atoms with Crippen molar-refractivity contribution in [2.45, 2.75) is 19.9 Å². The number of para-hydroxylation sites is 1. The monoisotopic (exact) mass is 405 g/mol. The lowest BCUT2D eigenvalue weighted by molar-refractivity contribution is -0.121. The number of amides is 1. The number of hydrogen-bond donors (Lipinski definition) is 0. The van der Waals surface area contributed by atoms with Crippen LogP contribution in [0, 0.1) is 13.8 Å². The highest BCUT2D eigenvalue weighted by molar-refractivity contribution is 7.94. The Kier molecular flexibility index (Phi) is 5.48. The van der Waals surface area contributed by atoms with E-state index < -0.39 is 34.4 Å². The van der Waals surface area contributed by atoms with Gasteiger partial charge in [0, 0.05) is 20.8 Å². The first kappa shape index (κ1) is 19.3. The van der Waals surface area contributed by atoms with Crippen LogP contribution < -0.4 is 4.90 Å². The van der Waals surface area contributed by atoms with E-state index in [0.29, 0.717) is 11.3 Å². The molecule has 1 aliphatic rings. The number of esters is 1. The third-order valence-corrected chi connectivity index (χ3v) is 6.48. The van der Waals surface area contributed by atoms with E-state index in [1.165, 1.54) is 22.3 Å². The van der Waals surface area contributed by atoms with E-state index in [0.717, 1.165) is 15.2 Å². The maximum Gasteiger partial charge on any atom is 0.339 e. The first-order chi connectivity index (χ1) is 12.8. The van der Waals surface area contributed by atoms with Gasteiger partial charge in [-0.1, -0.05) is 18.2 Å². The highest BCUT2D eigenvalue weighted by Crippen LogP contribution is 2.24. The molecule has 0 saturated carbocycles. The second-order valence-corrected chi connectivity index (χ2v) is 9.62. The van der Waals surface area contributed by atoms with Crippen molar-refractivity contribution >= 4 is 38.7 Å². The van der Waals surface area contributed by atoms with E-state index in [4.69, 9.17) is 4.74 Å². The fraction of sp³-hybridized carbons (Fsp3) is 0.263. The smallest absolute Gasteiger partial charge is 0.339 e. The van der Waals surface area contributed by atoms with Gasteiger partial charge in [-0.05, 0) is 38.1 Å². The van der Waals surface area contributed by atoms with Gasteiger partial charge in [0.15, 0.2) is 16.4 Å². The Morgan fingerprint density at radius 2 is 1.93 bits per heavy atom. The van der Waals surface area contributed by atoms with Crippen molar-refractivity contribution in [3.8, 4) is 0 Å². The summed E-state index contributed by atoms with van der Waals surface area (Å²) in [5.74, 6) is -1.23. The molecule has 1 atom stereocenters. The highest BCUT2D eigenvalue weighted by Gasteiger charge is 2.32. The van der Waals surface area contributed by atoms with Crippen LogP contribution >= 0.6 is 11.3 Å². The zero-order valence-corrected chi connectivity index (χ0v) is 16.5. The standard InChI is InChI=1S/C19H19NO5S2/c1-13-10-17(14(2)26-13)19(22)25-11-18(21)20(15-6-4-3-5-7-15)16-8-9-27(23,24)12-16/h3-10,16H,11-12H2,1-2H3/t16-/m1/s1. The number of aryl methyl sites for hydroxylation is 2. The third kappa shape index (κ3) is 4.45. The third-order valence-electron chi connectivity index (χ3n) is 4.13. The van der Waals surface area contributed by atoms with Crippen molar-refractivity contribution in [1.29, 1.82) is 0 Å². The van der Waals surface area contributed by atoms with Gasteiger partial charge in [0.2, 0.25) is 0 Å². The minimum Gasteiger partial charge on any atom is -0.452 e. The van der Waals surface area contributed by atoms with Crippen LogP contribution in [0.1, 0.15) is 20.1 Å². The molecule has 1 aliphatic heterocycles. The molecular formula is C19H19NO5S2. The Morgan fingerprint density at radius 3 is 2.48 bits per heavy atom. The lowest BCUT2D eigenvalue weighted by Gasteiger charge is -2.27. The molecule has 0 unspecified atom stereocenters. The van der Waals surface area contributed by atoms with Gasteiger partial charge < -0.3 is 9.64 Å². The minimum atomic E-state index is -3.34. The molecule has 1 amide bonds. The first-order valence-corrected chi connectivity index (χ1v) is 10.8. The molecule has 6 nitrogen and oxygen atoms in total. The second-order valence-electron chi connectivity index (χ2n) is 6.23. The molecule has 0 N–H and O–H groups in total. The number of hydrogen-bond acceptors (Lipinski definition) is 6. The van der Waals surface area contributed by atoms with Crippen molar-refractivity contribution in [3.05, 3.63) is 63.2 Å². The Bertz CT molecular complexity index is 992. The van der Waals surface area contributed by atoms with Crippen LogP contribution in [-0.2, 0) is 19.4 Å². The van der Waals surface area contributed by atoms with Crippen LogP contribution in [0.25, 0.3) is 0 Å². The molecule has 1 aromatic carbocycles. The average molecular weight is 405 g/mol. The molecule has 0 aliphatic carbocycles. The van der Waals surface area contributed by atoms with Crippen LogP contribution in [0.15, 0.2) is 47.9 Å². The molecule has 2 aromatic rings. The second kappa shape index (κ2) is 7.66. The quantitative estimate of drug-likeness (QED) is 0.715. The molecule has 0 spiro atoms. The summed E-state index contributed by atoms with van der Waals surface area (Å²) in [4.78, 5) is 28.2. The molecule has 2 heterocycles. The topological polar surface area (TPSA) is 80.8 Å². The predicted molar refractivity (Wildman–Crippen MR) is 105 cm³/mol. The molecular weight excluding hydrogens is 386 g/mol. The summed E-state index contributed by atoms with van der Waals surface area (Å²) in [5.41, 5.74) is 0.993. The van der Waals surface area contributed by atoms with Gasteiger partial charge >= 0.3 is 5.97 Å². The van der Waals surface area contributed by atoms with E-state index in [2.05, 4.69) is 0 Å².